The molecule has 0 bridgehead atoms. The van der Waals surface area contributed by atoms with Gasteiger partial charge in [0.25, 0.3) is 0 Å². The second-order valence-electron chi connectivity index (χ2n) is 4.40. The minimum atomic E-state index is 0.627. The Balaban J connectivity index is 2.26. The predicted octanol–water partition coefficient (Wildman–Crippen LogP) is 1.47. The molecule has 0 unspecified atom stereocenters. The zero-order chi connectivity index (χ0) is 9.14. The molecule has 0 radical (unpaired) electrons. The number of likely N-dealkylation sites (tertiary alicyclic amines) is 1. The molecular weight excluding hydrogens is 148 g/mol. The first-order valence-electron chi connectivity index (χ1n) is 5.09. The highest BCUT2D eigenvalue weighted by Gasteiger charge is 2.23. The maximum absolute atomic E-state index is 3.58. The Kier molecular flexibility index (Phi) is 3.53. The molecule has 1 aliphatic heterocycles. The van der Waals surface area contributed by atoms with Crippen molar-refractivity contribution in [3.8, 4) is 0 Å². The summed E-state index contributed by atoms with van der Waals surface area (Å²) in [4.78, 5) is 2.54. The Morgan fingerprint density at radius 3 is 2.33 bits per heavy atom. The van der Waals surface area contributed by atoms with E-state index in [1.165, 1.54) is 19.5 Å². The largest absolute Gasteiger partial charge is 0.310 e. The maximum atomic E-state index is 3.58. The van der Waals surface area contributed by atoms with Crippen LogP contribution >= 0.6 is 0 Å². The van der Waals surface area contributed by atoms with E-state index in [0.717, 1.165) is 6.04 Å². The molecule has 0 saturated carbocycles. The van der Waals surface area contributed by atoms with E-state index >= 15 is 0 Å². The van der Waals surface area contributed by atoms with Gasteiger partial charge in [0, 0.05) is 24.7 Å². The van der Waals surface area contributed by atoms with E-state index in [9.17, 15) is 0 Å². The van der Waals surface area contributed by atoms with Crippen LogP contribution in [0.15, 0.2) is 0 Å². The lowest BCUT2D eigenvalue weighted by Gasteiger charge is -2.21. The van der Waals surface area contributed by atoms with Gasteiger partial charge in [-0.3, -0.25) is 4.90 Å². The molecule has 1 atom stereocenters. The fourth-order valence-electron chi connectivity index (χ4n) is 1.86. The van der Waals surface area contributed by atoms with E-state index in [0.29, 0.717) is 12.1 Å². The first-order valence-corrected chi connectivity index (χ1v) is 5.09. The van der Waals surface area contributed by atoms with Crippen LogP contribution in [0, 0.1) is 0 Å². The molecule has 0 amide bonds. The van der Waals surface area contributed by atoms with Gasteiger partial charge < -0.3 is 5.32 Å². The number of hydrogen-bond donors (Lipinski definition) is 1. The SMILES string of the molecule is CC(C)N[C@H]1CCN(C(C)C)C1. The normalized spacial score (nSPS) is 26.0. The Bertz CT molecular complexity index is 132. The van der Waals surface area contributed by atoms with E-state index in [-0.39, 0.29) is 0 Å². The average molecular weight is 170 g/mol. The first-order chi connectivity index (χ1) is 5.59. The van der Waals surface area contributed by atoms with E-state index < -0.39 is 0 Å². The summed E-state index contributed by atoms with van der Waals surface area (Å²) in [5.41, 5.74) is 0. The van der Waals surface area contributed by atoms with Crippen molar-refractivity contribution in [1.29, 1.82) is 0 Å². The van der Waals surface area contributed by atoms with Crippen molar-refractivity contribution in [3.63, 3.8) is 0 Å². The maximum Gasteiger partial charge on any atom is 0.0209 e. The summed E-state index contributed by atoms with van der Waals surface area (Å²) in [6.45, 7) is 11.5. The van der Waals surface area contributed by atoms with Crippen LogP contribution in [0.2, 0.25) is 0 Å². The monoisotopic (exact) mass is 170 g/mol. The van der Waals surface area contributed by atoms with E-state index in [4.69, 9.17) is 0 Å². The van der Waals surface area contributed by atoms with Crippen molar-refractivity contribution < 1.29 is 0 Å². The Morgan fingerprint density at radius 2 is 1.92 bits per heavy atom. The molecule has 1 saturated heterocycles. The van der Waals surface area contributed by atoms with Crippen molar-refractivity contribution in [3.05, 3.63) is 0 Å². The molecule has 0 aliphatic carbocycles. The summed E-state index contributed by atoms with van der Waals surface area (Å²) in [5, 5.41) is 3.58. The quantitative estimate of drug-likeness (QED) is 0.690. The summed E-state index contributed by atoms with van der Waals surface area (Å²) in [7, 11) is 0. The highest BCUT2D eigenvalue weighted by molar-refractivity contribution is 4.83. The van der Waals surface area contributed by atoms with E-state index in [2.05, 4.69) is 37.9 Å². The van der Waals surface area contributed by atoms with Crippen molar-refractivity contribution in [1.82, 2.24) is 10.2 Å². The average Bonchev–Trinajstić information content (AvgIpc) is 2.34. The molecule has 1 fully saturated rings. The molecular formula is C10H22N2. The van der Waals surface area contributed by atoms with Gasteiger partial charge in [0.15, 0.2) is 0 Å². The lowest BCUT2D eigenvalue weighted by Crippen LogP contribution is -2.38. The summed E-state index contributed by atoms with van der Waals surface area (Å²) in [6.07, 6.45) is 1.32. The van der Waals surface area contributed by atoms with Crippen molar-refractivity contribution in [2.45, 2.75) is 52.2 Å². The van der Waals surface area contributed by atoms with Crippen LogP contribution in [0.5, 0.6) is 0 Å². The zero-order valence-electron chi connectivity index (χ0n) is 8.80. The molecule has 1 heterocycles. The van der Waals surface area contributed by atoms with Gasteiger partial charge in [0.1, 0.15) is 0 Å². The second-order valence-corrected chi connectivity index (χ2v) is 4.40. The van der Waals surface area contributed by atoms with Crippen molar-refractivity contribution >= 4 is 0 Å². The summed E-state index contributed by atoms with van der Waals surface area (Å²) >= 11 is 0. The molecule has 2 heteroatoms. The molecule has 0 aromatic heterocycles. The van der Waals surface area contributed by atoms with Crippen LogP contribution in [0.1, 0.15) is 34.1 Å². The second kappa shape index (κ2) is 4.24. The summed E-state index contributed by atoms with van der Waals surface area (Å²) in [6, 6.07) is 2.07. The predicted molar refractivity (Wildman–Crippen MR) is 53.4 cm³/mol. The third-order valence-corrected chi connectivity index (χ3v) is 2.52. The van der Waals surface area contributed by atoms with Crippen LogP contribution in [0.4, 0.5) is 0 Å². The summed E-state index contributed by atoms with van der Waals surface area (Å²) in [5.74, 6) is 0. The van der Waals surface area contributed by atoms with Gasteiger partial charge in [-0.2, -0.15) is 0 Å². The van der Waals surface area contributed by atoms with Crippen LogP contribution in [-0.4, -0.2) is 36.1 Å². The minimum absolute atomic E-state index is 0.627. The Labute approximate surface area is 76.3 Å². The van der Waals surface area contributed by atoms with Crippen molar-refractivity contribution in [2.75, 3.05) is 13.1 Å². The molecule has 1 aliphatic rings. The van der Waals surface area contributed by atoms with Gasteiger partial charge in [0.05, 0.1) is 0 Å². The van der Waals surface area contributed by atoms with Crippen LogP contribution in [0.25, 0.3) is 0 Å². The lowest BCUT2D eigenvalue weighted by molar-refractivity contribution is 0.266. The highest BCUT2D eigenvalue weighted by atomic mass is 15.2. The lowest BCUT2D eigenvalue weighted by atomic mass is 10.2. The third-order valence-electron chi connectivity index (χ3n) is 2.52. The van der Waals surface area contributed by atoms with Crippen LogP contribution < -0.4 is 5.32 Å². The zero-order valence-corrected chi connectivity index (χ0v) is 8.80. The number of nitrogens with one attached hydrogen (secondary N) is 1. The van der Waals surface area contributed by atoms with Gasteiger partial charge >= 0.3 is 0 Å². The Morgan fingerprint density at radius 1 is 1.25 bits per heavy atom. The first kappa shape index (κ1) is 10.0. The molecule has 0 aromatic rings. The standard InChI is InChI=1S/C10H22N2/c1-8(2)11-10-5-6-12(7-10)9(3)4/h8-11H,5-7H2,1-4H3/t10-/m0/s1. The minimum Gasteiger partial charge on any atom is -0.310 e. The molecule has 1 rings (SSSR count). The number of hydrogen-bond acceptors (Lipinski definition) is 2. The highest BCUT2D eigenvalue weighted by Crippen LogP contribution is 2.12. The number of rotatable bonds is 3. The summed E-state index contributed by atoms with van der Waals surface area (Å²) < 4.78 is 0. The van der Waals surface area contributed by atoms with Gasteiger partial charge in [-0.1, -0.05) is 13.8 Å². The smallest absolute Gasteiger partial charge is 0.0209 e. The molecule has 0 aromatic carbocycles. The van der Waals surface area contributed by atoms with Gasteiger partial charge in [0.2, 0.25) is 0 Å². The van der Waals surface area contributed by atoms with E-state index in [1.54, 1.807) is 0 Å². The third kappa shape index (κ3) is 2.76. The molecule has 0 spiro atoms. The van der Waals surface area contributed by atoms with Gasteiger partial charge in [-0.15, -0.1) is 0 Å². The van der Waals surface area contributed by atoms with Crippen LogP contribution in [-0.2, 0) is 0 Å². The molecule has 12 heavy (non-hydrogen) atoms. The van der Waals surface area contributed by atoms with Gasteiger partial charge in [-0.25, -0.2) is 0 Å². The van der Waals surface area contributed by atoms with Gasteiger partial charge in [-0.05, 0) is 26.8 Å². The molecule has 1 N–H and O–H groups in total. The van der Waals surface area contributed by atoms with Crippen molar-refractivity contribution in [2.24, 2.45) is 0 Å². The fraction of sp³-hybridized carbons (Fsp3) is 1.00. The number of nitrogens with zero attached hydrogens (tertiary/aromatic N) is 1. The van der Waals surface area contributed by atoms with E-state index in [1.807, 2.05) is 0 Å². The topological polar surface area (TPSA) is 15.3 Å². The molecule has 72 valence electrons. The Hall–Kier alpha value is -0.0800. The molecule has 2 nitrogen and oxygen atoms in total. The fourth-order valence-corrected chi connectivity index (χ4v) is 1.86. The van der Waals surface area contributed by atoms with Crippen LogP contribution in [0.3, 0.4) is 0 Å².